The first-order valence-electron chi connectivity index (χ1n) is 11.7. The molecule has 0 amide bonds. The molecule has 3 aromatic carbocycles. The van der Waals surface area contributed by atoms with Gasteiger partial charge in [0.2, 0.25) is 0 Å². The molecule has 7 heteroatoms. The zero-order valence-corrected chi connectivity index (χ0v) is 21.0. The van der Waals surface area contributed by atoms with E-state index in [0.717, 1.165) is 45.5 Å². The van der Waals surface area contributed by atoms with Crippen molar-refractivity contribution in [1.29, 1.82) is 0 Å². The van der Waals surface area contributed by atoms with E-state index in [1.807, 2.05) is 33.1 Å². The first kappa shape index (κ1) is 23.7. The number of rotatable bonds is 4. The maximum Gasteiger partial charge on any atom is 0.307 e. The zero-order valence-electron chi connectivity index (χ0n) is 20.2. The van der Waals surface area contributed by atoms with Gasteiger partial charge in [-0.15, -0.1) is 0 Å². The Hall–Kier alpha value is -3.06. The molecule has 0 radical (unpaired) electrons. The topological polar surface area (TPSA) is 49.8 Å². The van der Waals surface area contributed by atoms with E-state index in [9.17, 15) is 9.90 Å². The number of nitrogens with zero attached hydrogens (tertiary/aromatic N) is 1. The van der Waals surface area contributed by atoms with Crippen molar-refractivity contribution in [2.45, 2.75) is 46.6 Å². The molecule has 0 saturated heterocycles. The van der Waals surface area contributed by atoms with Gasteiger partial charge in [0.25, 0.3) is 0 Å². The number of benzene rings is 3. The molecule has 4 nitrogen and oxygen atoms in total. The van der Waals surface area contributed by atoms with E-state index in [2.05, 4.69) is 4.31 Å². The van der Waals surface area contributed by atoms with Gasteiger partial charge in [0, 0.05) is 22.9 Å². The van der Waals surface area contributed by atoms with E-state index in [1.54, 1.807) is 6.07 Å². The summed E-state index contributed by atoms with van der Waals surface area (Å²) in [4.78, 5) is 12.0. The summed E-state index contributed by atoms with van der Waals surface area (Å²) < 4.78 is 38.3. The van der Waals surface area contributed by atoms with Gasteiger partial charge < -0.3 is 14.1 Å². The third-order valence-electron chi connectivity index (χ3n) is 7.26. The zero-order chi connectivity index (χ0) is 25.0. The van der Waals surface area contributed by atoms with E-state index in [-0.39, 0.29) is 18.0 Å². The maximum atomic E-state index is 15.3. The van der Waals surface area contributed by atoms with Gasteiger partial charge in [-0.1, -0.05) is 24.1 Å². The van der Waals surface area contributed by atoms with Crippen LogP contribution in [0, 0.1) is 32.4 Å². The Morgan fingerprint density at radius 1 is 1.09 bits per heavy atom. The van der Waals surface area contributed by atoms with Crippen LogP contribution in [-0.2, 0) is 24.2 Å². The summed E-state index contributed by atoms with van der Waals surface area (Å²) in [7, 11) is 0. The minimum atomic E-state index is -0.966. The van der Waals surface area contributed by atoms with Crippen molar-refractivity contribution < 1.29 is 23.4 Å². The predicted molar refractivity (Wildman–Crippen MR) is 136 cm³/mol. The molecule has 0 unspecified atom stereocenters. The molecule has 182 valence electrons. The molecule has 0 spiro atoms. The van der Waals surface area contributed by atoms with E-state index in [4.69, 9.17) is 4.74 Å². The molecule has 5 rings (SSSR count). The molecule has 0 aliphatic carbocycles. The third-order valence-corrected chi connectivity index (χ3v) is 8.02. The van der Waals surface area contributed by atoms with Crippen LogP contribution in [0.2, 0.25) is 0 Å². The summed E-state index contributed by atoms with van der Waals surface area (Å²) in [6.07, 6.45) is 3.23. The lowest BCUT2D eigenvalue weighted by atomic mass is 9.79. The highest BCUT2D eigenvalue weighted by atomic mass is 32.2. The van der Waals surface area contributed by atoms with Crippen molar-refractivity contribution in [3.05, 3.63) is 69.3 Å². The second-order valence-corrected chi connectivity index (χ2v) is 9.99. The van der Waals surface area contributed by atoms with Crippen molar-refractivity contribution in [1.82, 2.24) is 0 Å². The number of fused-ring (bicyclic) bond motifs is 4. The number of halogens is 2. The van der Waals surface area contributed by atoms with Crippen LogP contribution >= 0.6 is 11.9 Å². The highest BCUT2D eigenvalue weighted by Crippen LogP contribution is 2.52. The lowest BCUT2D eigenvalue weighted by Gasteiger charge is -2.36. The Labute approximate surface area is 208 Å². The summed E-state index contributed by atoms with van der Waals surface area (Å²) in [6.45, 7) is 6.71. The molecule has 0 bridgehead atoms. The monoisotopic (exact) mass is 495 g/mol. The number of carboxylic acid groups (broad SMARTS) is 1. The quantitative estimate of drug-likeness (QED) is 0.405. The van der Waals surface area contributed by atoms with Crippen LogP contribution in [0.4, 0.5) is 14.5 Å². The number of aliphatic carboxylic acids is 1. The molecule has 1 N–H and O–H groups in total. The van der Waals surface area contributed by atoms with E-state index < -0.39 is 11.8 Å². The van der Waals surface area contributed by atoms with Crippen LogP contribution in [0.5, 0.6) is 5.75 Å². The van der Waals surface area contributed by atoms with E-state index in [0.29, 0.717) is 41.8 Å². The van der Waals surface area contributed by atoms with Gasteiger partial charge in [0.05, 0.1) is 25.3 Å². The van der Waals surface area contributed by atoms with Crippen LogP contribution in [0.25, 0.3) is 22.3 Å². The lowest BCUT2D eigenvalue weighted by molar-refractivity contribution is -0.136. The van der Waals surface area contributed by atoms with Crippen molar-refractivity contribution in [3.8, 4) is 28.0 Å². The standard InChI is InChI=1S/C28H27F2NO3S/c1-14-18-8-6-10-34-28(18)22(30)11-19(14)24-16(3)25-26-17(7-5-9-21(26)29)13-31(35-4)27(25)15(2)20(24)12-23(32)33/h5,7,9,11H,6,8,10,12-13H2,1-4H3,(H,32,33). The Bertz CT molecular complexity index is 1390. The molecule has 0 saturated carbocycles. The minimum absolute atomic E-state index is 0.212. The average molecular weight is 496 g/mol. The van der Waals surface area contributed by atoms with Gasteiger partial charge in [-0.25, -0.2) is 8.78 Å². The fourth-order valence-corrected chi connectivity index (χ4v) is 6.37. The Morgan fingerprint density at radius 2 is 1.86 bits per heavy atom. The number of hydrogen-bond acceptors (Lipinski definition) is 4. The highest BCUT2D eigenvalue weighted by Gasteiger charge is 2.33. The summed E-state index contributed by atoms with van der Waals surface area (Å²) in [6, 6.07) is 6.54. The number of carboxylic acids is 1. The van der Waals surface area contributed by atoms with Crippen LogP contribution in [-0.4, -0.2) is 23.9 Å². The molecule has 2 aliphatic rings. The molecule has 2 heterocycles. The molecule has 0 aromatic heterocycles. The highest BCUT2D eigenvalue weighted by molar-refractivity contribution is 7.99. The molecular formula is C28H27F2NO3S. The molecule has 35 heavy (non-hydrogen) atoms. The van der Waals surface area contributed by atoms with Crippen LogP contribution in [0.3, 0.4) is 0 Å². The second kappa shape index (κ2) is 8.86. The Morgan fingerprint density at radius 3 is 2.57 bits per heavy atom. The van der Waals surface area contributed by atoms with Crippen LogP contribution in [0.1, 0.15) is 39.8 Å². The smallest absolute Gasteiger partial charge is 0.307 e. The van der Waals surface area contributed by atoms with Crippen molar-refractivity contribution in [2.24, 2.45) is 0 Å². The maximum absolute atomic E-state index is 15.3. The second-order valence-electron chi connectivity index (χ2n) is 9.18. The van der Waals surface area contributed by atoms with E-state index in [1.165, 1.54) is 24.1 Å². The lowest BCUT2D eigenvalue weighted by Crippen LogP contribution is -2.23. The summed E-state index contributed by atoms with van der Waals surface area (Å²) in [5.74, 6) is -1.44. The first-order valence-corrected chi connectivity index (χ1v) is 12.8. The normalized spacial score (nSPS) is 14.2. The van der Waals surface area contributed by atoms with Gasteiger partial charge in [-0.3, -0.25) is 4.79 Å². The molecule has 0 atom stereocenters. The van der Waals surface area contributed by atoms with Crippen molar-refractivity contribution >= 4 is 23.6 Å². The van der Waals surface area contributed by atoms with Gasteiger partial charge in [-0.2, -0.15) is 0 Å². The largest absolute Gasteiger partial charge is 0.490 e. The van der Waals surface area contributed by atoms with Gasteiger partial charge in [0.15, 0.2) is 11.6 Å². The molecule has 0 fully saturated rings. The first-order chi connectivity index (χ1) is 16.7. The summed E-state index contributed by atoms with van der Waals surface area (Å²) >= 11 is 1.52. The van der Waals surface area contributed by atoms with Gasteiger partial charge in [0.1, 0.15) is 5.82 Å². The molecular weight excluding hydrogens is 468 g/mol. The average Bonchev–Trinajstić information content (AvgIpc) is 2.84. The minimum Gasteiger partial charge on any atom is -0.490 e. The fraction of sp³-hybridized carbons (Fsp3) is 0.321. The fourth-order valence-electron chi connectivity index (χ4n) is 5.69. The van der Waals surface area contributed by atoms with Crippen LogP contribution < -0.4 is 9.04 Å². The van der Waals surface area contributed by atoms with Gasteiger partial charge in [-0.05, 0) is 84.7 Å². The van der Waals surface area contributed by atoms with Crippen molar-refractivity contribution in [3.63, 3.8) is 0 Å². The summed E-state index contributed by atoms with van der Waals surface area (Å²) in [5, 5.41) is 9.83. The Balaban J connectivity index is 1.91. The SMILES string of the molecule is CSN1Cc2cccc(F)c2-c2c(C)c(-c3cc(F)c4c(c3C)CCCO4)c(CC(=O)O)c(C)c21. The third kappa shape index (κ3) is 3.68. The van der Waals surface area contributed by atoms with Gasteiger partial charge >= 0.3 is 5.97 Å². The van der Waals surface area contributed by atoms with Crippen LogP contribution in [0.15, 0.2) is 24.3 Å². The number of carbonyl (C=O) groups is 1. The van der Waals surface area contributed by atoms with Crippen molar-refractivity contribution in [2.75, 3.05) is 17.2 Å². The number of hydrogen-bond donors (Lipinski definition) is 1. The molecule has 3 aromatic rings. The van der Waals surface area contributed by atoms with E-state index >= 15 is 8.78 Å². The number of anilines is 1. The summed E-state index contributed by atoms with van der Waals surface area (Å²) in [5.41, 5.74) is 8.15. The predicted octanol–water partition coefficient (Wildman–Crippen LogP) is 6.77. The Kier molecular flexibility index (Phi) is 5.99. The molecule has 2 aliphatic heterocycles. The number of ether oxygens (including phenoxy) is 1.